The van der Waals surface area contributed by atoms with Gasteiger partial charge in [-0.25, -0.2) is 0 Å². The monoisotopic (exact) mass is 700 g/mol. The van der Waals surface area contributed by atoms with E-state index in [-0.39, 0.29) is 0 Å². The standard InChI is InChI=1S/C52H32N2O/c1-2-10-33(11-3-1)35-18-23-39(24-19-35)53-47-27-22-38(32-44(47)51-48(53)28-29-50-52(51)42-15-7-9-17-49(42)55-50)37-21-26-46-43(31-37)41-14-6-8-16-45(41)54(46)40-25-20-34-12-4-5-13-36(34)30-40/h1-32H. The van der Waals surface area contributed by atoms with Crippen LogP contribution in [-0.2, 0) is 0 Å². The second kappa shape index (κ2) is 11.6. The molecule has 0 aliphatic rings. The van der Waals surface area contributed by atoms with Crippen LogP contribution in [-0.4, -0.2) is 9.13 Å². The smallest absolute Gasteiger partial charge is 0.136 e. The van der Waals surface area contributed by atoms with Crippen LogP contribution in [0.3, 0.4) is 0 Å². The van der Waals surface area contributed by atoms with Gasteiger partial charge in [0.1, 0.15) is 11.2 Å². The van der Waals surface area contributed by atoms with E-state index in [1.54, 1.807) is 0 Å². The molecular formula is C52H32N2O. The van der Waals surface area contributed by atoms with Gasteiger partial charge in [-0.3, -0.25) is 0 Å². The van der Waals surface area contributed by atoms with Gasteiger partial charge in [0.25, 0.3) is 0 Å². The Bertz CT molecular complexity index is 3470. The topological polar surface area (TPSA) is 23.0 Å². The Morgan fingerprint density at radius 1 is 0.291 bits per heavy atom. The van der Waals surface area contributed by atoms with Crippen molar-refractivity contribution in [2.24, 2.45) is 0 Å². The van der Waals surface area contributed by atoms with Gasteiger partial charge in [-0.15, -0.1) is 0 Å². The Kier molecular flexibility index (Phi) is 6.34. The third-order valence-corrected chi connectivity index (χ3v) is 11.5. The molecule has 0 amide bonds. The highest BCUT2D eigenvalue weighted by Crippen LogP contribution is 2.43. The number of aromatic nitrogens is 2. The highest BCUT2D eigenvalue weighted by molar-refractivity contribution is 6.27. The zero-order valence-electron chi connectivity index (χ0n) is 29.8. The molecule has 256 valence electrons. The van der Waals surface area contributed by atoms with E-state index in [2.05, 4.69) is 197 Å². The molecule has 0 fully saturated rings. The van der Waals surface area contributed by atoms with Gasteiger partial charge >= 0.3 is 0 Å². The van der Waals surface area contributed by atoms with Gasteiger partial charge in [0, 0.05) is 43.7 Å². The van der Waals surface area contributed by atoms with E-state index in [1.807, 2.05) is 6.07 Å². The minimum Gasteiger partial charge on any atom is -0.456 e. The van der Waals surface area contributed by atoms with Crippen LogP contribution in [0.1, 0.15) is 0 Å². The number of benzene rings is 9. The van der Waals surface area contributed by atoms with Crippen molar-refractivity contribution < 1.29 is 4.42 Å². The number of nitrogens with zero attached hydrogens (tertiary/aromatic N) is 2. The number of rotatable bonds is 4. The predicted molar refractivity (Wildman–Crippen MR) is 231 cm³/mol. The molecule has 0 atom stereocenters. The van der Waals surface area contributed by atoms with Crippen LogP contribution in [0.15, 0.2) is 199 Å². The van der Waals surface area contributed by atoms with Gasteiger partial charge in [-0.2, -0.15) is 0 Å². The van der Waals surface area contributed by atoms with E-state index in [9.17, 15) is 0 Å². The van der Waals surface area contributed by atoms with E-state index >= 15 is 0 Å². The van der Waals surface area contributed by atoms with Crippen molar-refractivity contribution in [2.75, 3.05) is 0 Å². The van der Waals surface area contributed by atoms with Gasteiger partial charge in [-0.05, 0) is 106 Å². The molecule has 0 radical (unpaired) electrons. The largest absolute Gasteiger partial charge is 0.456 e. The van der Waals surface area contributed by atoms with Gasteiger partial charge < -0.3 is 13.6 Å². The second-order valence-electron chi connectivity index (χ2n) is 14.5. The molecule has 0 bridgehead atoms. The Balaban J connectivity index is 1.08. The molecule has 0 saturated heterocycles. The van der Waals surface area contributed by atoms with E-state index < -0.39 is 0 Å². The molecule has 0 N–H and O–H groups in total. The van der Waals surface area contributed by atoms with Crippen LogP contribution in [0.25, 0.3) is 110 Å². The maximum atomic E-state index is 6.44. The maximum Gasteiger partial charge on any atom is 0.136 e. The first-order chi connectivity index (χ1) is 27.3. The summed E-state index contributed by atoms with van der Waals surface area (Å²) in [4.78, 5) is 0. The van der Waals surface area contributed by atoms with Gasteiger partial charge in [0.05, 0.1) is 22.1 Å². The van der Waals surface area contributed by atoms with Crippen molar-refractivity contribution >= 4 is 76.3 Å². The minimum atomic E-state index is 0.903. The summed E-state index contributed by atoms with van der Waals surface area (Å²) in [6, 6.07) is 70.3. The molecule has 3 heteroatoms. The maximum absolute atomic E-state index is 6.44. The number of fused-ring (bicyclic) bond motifs is 11. The first-order valence-corrected chi connectivity index (χ1v) is 18.8. The third kappa shape index (κ3) is 4.50. The summed E-state index contributed by atoms with van der Waals surface area (Å²) in [5.74, 6) is 0. The second-order valence-corrected chi connectivity index (χ2v) is 14.5. The van der Waals surface area contributed by atoms with Crippen LogP contribution in [0.2, 0.25) is 0 Å². The Labute approximate surface area is 316 Å². The average molecular weight is 701 g/mol. The molecular weight excluding hydrogens is 669 g/mol. The lowest BCUT2D eigenvalue weighted by molar-refractivity contribution is 0.669. The van der Waals surface area contributed by atoms with Crippen LogP contribution >= 0.6 is 0 Å². The quantitative estimate of drug-likeness (QED) is 0.179. The molecule has 0 aliphatic carbocycles. The first-order valence-electron chi connectivity index (χ1n) is 18.8. The fourth-order valence-electron chi connectivity index (χ4n) is 8.96. The summed E-state index contributed by atoms with van der Waals surface area (Å²) in [5, 5.41) is 9.67. The van der Waals surface area contributed by atoms with Crippen molar-refractivity contribution in [1.29, 1.82) is 0 Å². The molecule has 0 saturated carbocycles. The van der Waals surface area contributed by atoms with Crippen molar-refractivity contribution in [1.82, 2.24) is 9.13 Å². The first kappa shape index (κ1) is 30.1. The lowest BCUT2D eigenvalue weighted by Crippen LogP contribution is -1.94. The zero-order valence-corrected chi connectivity index (χ0v) is 29.8. The molecule has 3 nitrogen and oxygen atoms in total. The van der Waals surface area contributed by atoms with E-state index in [1.165, 1.54) is 71.3 Å². The summed E-state index contributed by atoms with van der Waals surface area (Å²) in [7, 11) is 0. The van der Waals surface area contributed by atoms with E-state index in [0.29, 0.717) is 0 Å². The van der Waals surface area contributed by atoms with Gasteiger partial charge in [0.2, 0.25) is 0 Å². The van der Waals surface area contributed by atoms with E-state index in [0.717, 1.165) is 38.7 Å². The summed E-state index contributed by atoms with van der Waals surface area (Å²) in [5.41, 5.74) is 13.6. The molecule has 0 aliphatic heterocycles. The number of para-hydroxylation sites is 2. The molecule has 3 aromatic heterocycles. The van der Waals surface area contributed by atoms with Crippen molar-refractivity contribution in [3.05, 3.63) is 194 Å². The average Bonchev–Trinajstić information content (AvgIpc) is 3.91. The number of hydrogen-bond acceptors (Lipinski definition) is 1. The summed E-state index contributed by atoms with van der Waals surface area (Å²) >= 11 is 0. The van der Waals surface area contributed by atoms with Crippen molar-refractivity contribution in [3.8, 4) is 33.6 Å². The fraction of sp³-hybridized carbons (Fsp3) is 0. The lowest BCUT2D eigenvalue weighted by Gasteiger charge is -2.11. The Hall–Kier alpha value is -7.36. The summed E-state index contributed by atoms with van der Waals surface area (Å²) in [6.07, 6.45) is 0. The van der Waals surface area contributed by atoms with Crippen LogP contribution < -0.4 is 0 Å². The summed E-state index contributed by atoms with van der Waals surface area (Å²) < 4.78 is 11.3. The molecule has 12 aromatic rings. The zero-order chi connectivity index (χ0) is 36.0. The SMILES string of the molecule is c1ccc(-c2ccc(-n3c4ccc(-c5ccc6c(c5)c5ccccc5n6-c5ccc6ccccc6c5)cc4c4c5c(ccc43)oc3ccccc35)cc2)cc1. The molecule has 3 heterocycles. The lowest BCUT2D eigenvalue weighted by atomic mass is 9.99. The third-order valence-electron chi connectivity index (χ3n) is 11.5. The Morgan fingerprint density at radius 3 is 1.71 bits per heavy atom. The Morgan fingerprint density at radius 2 is 0.873 bits per heavy atom. The molecule has 0 spiro atoms. The highest BCUT2D eigenvalue weighted by atomic mass is 16.3. The molecule has 55 heavy (non-hydrogen) atoms. The van der Waals surface area contributed by atoms with Crippen LogP contribution in [0.4, 0.5) is 0 Å². The van der Waals surface area contributed by atoms with Crippen molar-refractivity contribution in [2.45, 2.75) is 0 Å². The predicted octanol–water partition coefficient (Wildman–Crippen LogP) is 14.3. The van der Waals surface area contributed by atoms with Crippen molar-refractivity contribution in [3.63, 3.8) is 0 Å². The summed E-state index contributed by atoms with van der Waals surface area (Å²) in [6.45, 7) is 0. The number of furan rings is 1. The normalized spacial score (nSPS) is 12.0. The van der Waals surface area contributed by atoms with Crippen LogP contribution in [0.5, 0.6) is 0 Å². The highest BCUT2D eigenvalue weighted by Gasteiger charge is 2.20. The minimum absolute atomic E-state index is 0.903. The molecule has 12 rings (SSSR count). The molecule has 9 aromatic carbocycles. The van der Waals surface area contributed by atoms with Gasteiger partial charge in [-0.1, -0.05) is 121 Å². The van der Waals surface area contributed by atoms with Crippen LogP contribution in [0, 0.1) is 0 Å². The van der Waals surface area contributed by atoms with Gasteiger partial charge in [0.15, 0.2) is 0 Å². The van der Waals surface area contributed by atoms with E-state index in [4.69, 9.17) is 4.42 Å². The molecule has 0 unspecified atom stereocenters. The fourth-order valence-corrected chi connectivity index (χ4v) is 8.96. The number of hydrogen-bond donors (Lipinski definition) is 0.